The van der Waals surface area contributed by atoms with E-state index in [0.717, 1.165) is 0 Å². The first kappa shape index (κ1) is 19.7. The molecule has 123 valence electrons. The van der Waals surface area contributed by atoms with Crippen LogP contribution in [-0.4, -0.2) is 36.4 Å². The molecule has 1 radical (unpaired) electrons. The highest BCUT2D eigenvalue weighted by Crippen LogP contribution is 2.10. The van der Waals surface area contributed by atoms with Crippen molar-refractivity contribution in [3.8, 4) is 0 Å². The molecule has 0 heterocycles. The van der Waals surface area contributed by atoms with Crippen LogP contribution in [0.25, 0.3) is 0 Å². The van der Waals surface area contributed by atoms with Gasteiger partial charge in [0.05, 0.1) is 6.04 Å². The first-order valence-corrected chi connectivity index (χ1v) is 7.42. The number of carbonyl (C=O) groups is 2. The summed E-state index contributed by atoms with van der Waals surface area (Å²) in [5.41, 5.74) is 6.95. The summed E-state index contributed by atoms with van der Waals surface area (Å²) >= 11 is 0. The Balaban J connectivity index is 4.57. The van der Waals surface area contributed by atoms with E-state index in [2.05, 4.69) is 5.32 Å². The smallest absolute Gasteiger partial charge is 0.408 e. The molecular weight excluding hydrogens is 272 g/mol. The molecule has 0 aromatic rings. The molecule has 0 aliphatic carbocycles. The van der Waals surface area contributed by atoms with Crippen LogP contribution >= 0.6 is 0 Å². The molecule has 6 nitrogen and oxygen atoms in total. The van der Waals surface area contributed by atoms with Crippen LogP contribution in [0.1, 0.15) is 54.4 Å². The van der Waals surface area contributed by atoms with E-state index in [1.54, 1.807) is 20.8 Å². The number of nitrogens with one attached hydrogen (secondary N) is 2. The molecule has 0 aromatic heterocycles. The Labute approximate surface area is 127 Å². The number of amides is 1. The zero-order chi connectivity index (χ0) is 16.6. The summed E-state index contributed by atoms with van der Waals surface area (Å²) in [6.07, 6.45) is 0.442. The second-order valence-electron chi connectivity index (χ2n) is 6.56. The van der Waals surface area contributed by atoms with Crippen LogP contribution in [-0.2, 0) is 14.3 Å². The lowest BCUT2D eigenvalue weighted by atomic mass is 10.0. The zero-order valence-electron chi connectivity index (χ0n) is 14.0. The highest BCUT2D eigenvalue weighted by Gasteiger charge is 2.26. The second-order valence-corrected chi connectivity index (χ2v) is 6.56. The third-order valence-electron chi connectivity index (χ3n) is 2.60. The van der Waals surface area contributed by atoms with Crippen molar-refractivity contribution in [3.05, 3.63) is 0 Å². The summed E-state index contributed by atoms with van der Waals surface area (Å²) < 4.78 is 10.2. The van der Waals surface area contributed by atoms with E-state index in [4.69, 9.17) is 15.2 Å². The molecule has 2 atom stereocenters. The van der Waals surface area contributed by atoms with Crippen LogP contribution < -0.4 is 11.1 Å². The number of rotatable bonds is 7. The number of ether oxygens (including phenoxy) is 2. The number of carbonyl (C=O) groups excluding carboxylic acids is 2. The molecular formula is C15H29N2O4. The van der Waals surface area contributed by atoms with Gasteiger partial charge < -0.3 is 14.8 Å². The van der Waals surface area contributed by atoms with Crippen molar-refractivity contribution in [1.29, 1.82) is 0 Å². The fourth-order valence-corrected chi connectivity index (χ4v) is 1.54. The molecule has 0 aliphatic rings. The van der Waals surface area contributed by atoms with E-state index in [-0.39, 0.29) is 12.5 Å². The van der Waals surface area contributed by atoms with Gasteiger partial charge in [-0.2, -0.15) is 0 Å². The van der Waals surface area contributed by atoms with Gasteiger partial charge in [0.2, 0.25) is 0 Å². The van der Waals surface area contributed by atoms with E-state index in [1.165, 1.54) is 0 Å². The van der Waals surface area contributed by atoms with Gasteiger partial charge >= 0.3 is 12.1 Å². The van der Waals surface area contributed by atoms with Crippen molar-refractivity contribution < 1.29 is 19.1 Å². The summed E-state index contributed by atoms with van der Waals surface area (Å²) in [6.45, 7) is 11.1. The molecule has 2 N–H and O–H groups in total. The topological polar surface area (TPSA) is 88.4 Å². The van der Waals surface area contributed by atoms with Crippen molar-refractivity contribution in [2.75, 3.05) is 6.61 Å². The summed E-state index contributed by atoms with van der Waals surface area (Å²) in [6, 6.07) is -1.18. The predicted octanol–water partition coefficient (Wildman–Crippen LogP) is 2.53. The van der Waals surface area contributed by atoms with Gasteiger partial charge in [-0.3, -0.25) is 5.73 Å². The zero-order valence-corrected chi connectivity index (χ0v) is 14.0. The molecule has 0 aromatic carbocycles. The maximum Gasteiger partial charge on any atom is 0.408 e. The molecule has 0 saturated heterocycles. The Morgan fingerprint density at radius 1 is 1.24 bits per heavy atom. The van der Waals surface area contributed by atoms with Crippen LogP contribution in [0.5, 0.6) is 0 Å². The molecule has 0 aliphatic heterocycles. The minimum atomic E-state index is -0.746. The van der Waals surface area contributed by atoms with E-state index in [0.29, 0.717) is 12.8 Å². The number of esters is 1. The highest BCUT2D eigenvalue weighted by molar-refractivity contribution is 5.81. The Morgan fingerprint density at radius 2 is 1.81 bits per heavy atom. The maximum absolute atomic E-state index is 12.0. The highest BCUT2D eigenvalue weighted by atomic mass is 16.6. The summed E-state index contributed by atoms with van der Waals surface area (Å²) in [5.74, 6) is -0.296. The molecule has 0 spiro atoms. The monoisotopic (exact) mass is 301 g/mol. The Morgan fingerprint density at radius 3 is 2.24 bits per heavy atom. The van der Waals surface area contributed by atoms with E-state index in [9.17, 15) is 9.59 Å². The Bertz CT molecular complexity index is 337. The molecule has 1 amide bonds. The molecule has 0 saturated carbocycles. The number of hydrogen-bond acceptors (Lipinski definition) is 4. The van der Waals surface area contributed by atoms with Crippen molar-refractivity contribution in [2.45, 2.75) is 72.1 Å². The normalized spacial score (nSPS) is 14.5. The summed E-state index contributed by atoms with van der Waals surface area (Å²) in [7, 11) is 0. The van der Waals surface area contributed by atoms with E-state index in [1.807, 2.05) is 20.8 Å². The van der Waals surface area contributed by atoms with Crippen LogP contribution in [0, 0.1) is 5.92 Å². The number of hydrogen-bond donors (Lipinski definition) is 1. The first-order valence-electron chi connectivity index (χ1n) is 7.42. The molecule has 0 rings (SSSR count). The van der Waals surface area contributed by atoms with Gasteiger partial charge in [-0.05, 0) is 39.5 Å². The van der Waals surface area contributed by atoms with Gasteiger partial charge in [0, 0.05) is 0 Å². The van der Waals surface area contributed by atoms with Crippen molar-refractivity contribution in [3.63, 3.8) is 0 Å². The largest absolute Gasteiger partial charge is 0.462 e. The van der Waals surface area contributed by atoms with Crippen LogP contribution in [0.15, 0.2) is 0 Å². The first-order chi connectivity index (χ1) is 9.55. The lowest BCUT2D eigenvalue weighted by Crippen LogP contribution is -2.45. The quantitative estimate of drug-likeness (QED) is 0.732. The van der Waals surface area contributed by atoms with E-state index < -0.39 is 29.7 Å². The third kappa shape index (κ3) is 10.1. The minimum absolute atomic E-state index is 0.0416. The molecule has 0 fully saturated rings. The lowest BCUT2D eigenvalue weighted by Gasteiger charge is -2.24. The number of alkyl carbamates (subject to hydrolysis) is 1. The molecule has 6 heteroatoms. The fourth-order valence-electron chi connectivity index (χ4n) is 1.54. The average molecular weight is 301 g/mol. The van der Waals surface area contributed by atoms with Gasteiger partial charge in [0.1, 0.15) is 18.2 Å². The Kier molecular flexibility index (Phi) is 8.32. The van der Waals surface area contributed by atoms with Gasteiger partial charge in [0.15, 0.2) is 0 Å². The van der Waals surface area contributed by atoms with Crippen LogP contribution in [0.3, 0.4) is 0 Å². The van der Waals surface area contributed by atoms with E-state index >= 15 is 0 Å². The lowest BCUT2D eigenvalue weighted by molar-refractivity contribution is -0.147. The van der Waals surface area contributed by atoms with Gasteiger partial charge in [-0.1, -0.05) is 20.8 Å². The standard InChI is InChI=1S/C15H29N2O4/c1-7-11(16)9-20-13(18)12(8-10(2)3)17-14(19)21-15(4,5)6/h10-12,16H,7-9H2,1-6H3,(H,17,19)/t11-,12+/m1/s1. The van der Waals surface area contributed by atoms with Crippen LogP contribution in [0.2, 0.25) is 0 Å². The molecule has 0 unspecified atom stereocenters. The fraction of sp³-hybridized carbons (Fsp3) is 0.867. The third-order valence-corrected chi connectivity index (χ3v) is 2.60. The van der Waals surface area contributed by atoms with Crippen molar-refractivity contribution in [1.82, 2.24) is 11.1 Å². The summed E-state index contributed by atoms with van der Waals surface area (Å²) in [4.78, 5) is 23.8. The molecule has 0 bridgehead atoms. The van der Waals surface area contributed by atoms with Gasteiger partial charge in [-0.25, -0.2) is 9.59 Å². The Hall–Kier alpha value is -1.30. The SMILES string of the molecule is CC[C@@H]([NH])COC(=O)[C@H](CC(C)C)NC(=O)OC(C)(C)C. The van der Waals surface area contributed by atoms with Crippen LogP contribution in [0.4, 0.5) is 4.79 Å². The van der Waals surface area contributed by atoms with Gasteiger partial charge in [-0.15, -0.1) is 0 Å². The maximum atomic E-state index is 12.0. The average Bonchev–Trinajstić information content (AvgIpc) is 2.31. The summed E-state index contributed by atoms with van der Waals surface area (Å²) in [5, 5.41) is 2.55. The van der Waals surface area contributed by atoms with Crippen molar-refractivity contribution in [2.24, 2.45) is 5.92 Å². The molecule has 21 heavy (non-hydrogen) atoms. The van der Waals surface area contributed by atoms with Crippen molar-refractivity contribution >= 4 is 12.1 Å². The minimum Gasteiger partial charge on any atom is -0.462 e. The van der Waals surface area contributed by atoms with Gasteiger partial charge in [0.25, 0.3) is 0 Å². The second kappa shape index (κ2) is 8.87. The predicted molar refractivity (Wildman–Crippen MR) is 80.7 cm³/mol.